The van der Waals surface area contributed by atoms with E-state index in [4.69, 9.17) is 14.7 Å². The maximum atomic E-state index is 14.0. The number of piperidine rings is 1. The number of benzene rings is 1. The Hall–Kier alpha value is -3.40. The predicted octanol–water partition coefficient (Wildman–Crippen LogP) is 4.15. The summed E-state index contributed by atoms with van der Waals surface area (Å²) in [6, 6.07) is 11.7. The van der Waals surface area contributed by atoms with Crippen LogP contribution in [0.1, 0.15) is 37.8 Å². The lowest BCUT2D eigenvalue weighted by atomic mass is 9.98. The molecule has 6 nitrogen and oxygen atoms in total. The van der Waals surface area contributed by atoms with Gasteiger partial charge in [-0.15, -0.1) is 0 Å². The lowest BCUT2D eigenvalue weighted by molar-refractivity contribution is -0.138. The first-order valence-corrected chi connectivity index (χ1v) is 9.91. The molecule has 3 rings (SSSR count). The highest BCUT2D eigenvalue weighted by atomic mass is 19.1. The molecule has 0 saturated carbocycles. The van der Waals surface area contributed by atoms with Crippen molar-refractivity contribution in [2.45, 2.75) is 33.3 Å². The molecule has 0 amide bonds. The number of carbonyl (C=O) groups excluding carboxylic acids is 1. The molecule has 0 radical (unpaired) electrons. The van der Waals surface area contributed by atoms with Gasteiger partial charge in [0.2, 0.25) is 5.88 Å². The number of nitrogens with zero attached hydrogens (tertiary/aromatic N) is 3. The molecule has 1 aliphatic heterocycles. The second kappa shape index (κ2) is 9.88. The van der Waals surface area contributed by atoms with Gasteiger partial charge in [-0.1, -0.05) is 17.7 Å². The van der Waals surface area contributed by atoms with Crippen molar-refractivity contribution < 1.29 is 18.7 Å². The molecule has 0 bridgehead atoms. The Kier molecular flexibility index (Phi) is 7.02. The third kappa shape index (κ3) is 5.15. The van der Waals surface area contributed by atoms with Crippen molar-refractivity contribution in [3.05, 3.63) is 64.5 Å². The lowest BCUT2D eigenvalue weighted by Gasteiger charge is -2.30. The number of pyridine rings is 1. The third-order valence-corrected chi connectivity index (χ3v) is 5.07. The van der Waals surface area contributed by atoms with Crippen LogP contribution in [0.3, 0.4) is 0 Å². The number of hydrogen-bond donors (Lipinski definition) is 0. The highest BCUT2D eigenvalue weighted by Crippen LogP contribution is 2.25. The third-order valence-electron chi connectivity index (χ3n) is 5.07. The van der Waals surface area contributed by atoms with E-state index in [0.717, 1.165) is 37.3 Å². The number of nitriles is 1. The molecule has 7 heteroatoms. The van der Waals surface area contributed by atoms with Crippen molar-refractivity contribution in [1.29, 1.82) is 5.26 Å². The first-order chi connectivity index (χ1) is 14.5. The minimum atomic E-state index is -0.475. The molecule has 1 aliphatic rings. The Labute approximate surface area is 175 Å². The van der Waals surface area contributed by atoms with Crippen molar-refractivity contribution in [3.8, 4) is 11.9 Å². The van der Waals surface area contributed by atoms with Crippen LogP contribution in [0.5, 0.6) is 5.88 Å². The van der Waals surface area contributed by atoms with Crippen LogP contribution in [-0.2, 0) is 16.1 Å². The van der Waals surface area contributed by atoms with Gasteiger partial charge in [-0.25, -0.2) is 9.18 Å². The van der Waals surface area contributed by atoms with Crippen LogP contribution in [0.4, 0.5) is 10.2 Å². The molecule has 1 aromatic carbocycles. The number of aromatic nitrogens is 1. The second-order valence-corrected chi connectivity index (χ2v) is 6.98. The molecule has 1 saturated heterocycles. The Morgan fingerprint density at radius 1 is 1.27 bits per heavy atom. The molecule has 2 heterocycles. The van der Waals surface area contributed by atoms with Crippen molar-refractivity contribution in [3.63, 3.8) is 0 Å². The van der Waals surface area contributed by atoms with Crippen molar-refractivity contribution in [2.24, 2.45) is 0 Å². The van der Waals surface area contributed by atoms with Gasteiger partial charge in [0.1, 0.15) is 18.2 Å². The first kappa shape index (κ1) is 21.3. The molecular weight excluding hydrogens is 385 g/mol. The Balaban J connectivity index is 1.62. The van der Waals surface area contributed by atoms with Gasteiger partial charge in [-0.2, -0.15) is 10.2 Å². The largest absolute Gasteiger partial charge is 0.473 e. The number of ether oxygens (including phenoxy) is 2. The number of halogens is 1. The molecule has 30 heavy (non-hydrogen) atoms. The van der Waals surface area contributed by atoms with Gasteiger partial charge >= 0.3 is 5.97 Å². The molecule has 0 aliphatic carbocycles. The lowest BCUT2D eigenvalue weighted by Crippen LogP contribution is -2.32. The first-order valence-electron chi connectivity index (χ1n) is 9.91. The highest BCUT2D eigenvalue weighted by molar-refractivity contribution is 5.88. The summed E-state index contributed by atoms with van der Waals surface area (Å²) in [4.78, 5) is 18.6. The summed E-state index contributed by atoms with van der Waals surface area (Å²) in [6.45, 7) is 5.50. The molecular formula is C23H24FN3O3. The summed E-state index contributed by atoms with van der Waals surface area (Å²) in [5, 5.41) is 8.82. The van der Waals surface area contributed by atoms with Crippen LogP contribution in [0.25, 0.3) is 0 Å². The molecule has 0 spiro atoms. The summed E-state index contributed by atoms with van der Waals surface area (Å²) >= 11 is 0. The molecule has 1 fully saturated rings. The topological polar surface area (TPSA) is 75.4 Å². The van der Waals surface area contributed by atoms with Crippen LogP contribution >= 0.6 is 0 Å². The molecule has 0 atom stereocenters. The van der Waals surface area contributed by atoms with E-state index < -0.39 is 5.82 Å². The van der Waals surface area contributed by atoms with E-state index in [2.05, 4.69) is 9.88 Å². The van der Waals surface area contributed by atoms with E-state index in [9.17, 15) is 9.18 Å². The van der Waals surface area contributed by atoms with Gasteiger partial charge in [0.05, 0.1) is 18.2 Å². The minimum absolute atomic E-state index is 0.0274. The number of carbonyl (C=O) groups is 1. The highest BCUT2D eigenvalue weighted by Gasteiger charge is 2.20. The van der Waals surface area contributed by atoms with E-state index in [-0.39, 0.29) is 18.1 Å². The normalized spacial score (nSPS) is 13.5. The molecule has 156 valence electrons. The molecule has 1 aromatic heterocycles. The molecule has 2 aromatic rings. The molecule has 0 unspecified atom stereocenters. The summed E-state index contributed by atoms with van der Waals surface area (Å²) in [6.07, 6.45) is 1.54. The van der Waals surface area contributed by atoms with E-state index in [1.807, 2.05) is 25.1 Å². The van der Waals surface area contributed by atoms with Gasteiger partial charge in [0.15, 0.2) is 0 Å². The second-order valence-electron chi connectivity index (χ2n) is 6.98. The quantitative estimate of drug-likeness (QED) is 0.527. The van der Waals surface area contributed by atoms with Gasteiger partial charge in [-0.3, -0.25) is 0 Å². The fourth-order valence-electron chi connectivity index (χ4n) is 3.31. The summed E-state index contributed by atoms with van der Waals surface area (Å²) in [5.41, 5.74) is 2.45. The van der Waals surface area contributed by atoms with Gasteiger partial charge in [0, 0.05) is 30.3 Å². The van der Waals surface area contributed by atoms with Crippen LogP contribution in [-0.4, -0.2) is 30.6 Å². The van der Waals surface area contributed by atoms with Crippen LogP contribution in [0.15, 0.2) is 47.5 Å². The monoisotopic (exact) mass is 409 g/mol. The zero-order valence-corrected chi connectivity index (χ0v) is 17.2. The van der Waals surface area contributed by atoms with E-state index >= 15 is 0 Å². The Morgan fingerprint density at radius 2 is 2.03 bits per heavy atom. The average Bonchev–Trinajstić information content (AvgIpc) is 2.78. The van der Waals surface area contributed by atoms with Crippen LogP contribution in [0, 0.1) is 17.1 Å². The fraction of sp³-hybridized carbons (Fsp3) is 0.348. The zero-order valence-electron chi connectivity index (χ0n) is 17.2. The zero-order chi connectivity index (χ0) is 21.5. The van der Waals surface area contributed by atoms with Crippen LogP contribution < -0.4 is 9.64 Å². The standard InChI is InChI=1S/C23H24FN3O3/c1-3-29-23(28)16(2)18-9-11-27(12-10-18)21-5-4-6-22(26-21)30-15-19-8-7-17(14-25)13-20(19)24/h4-8,13H,3,9-12,15H2,1-2H3. The Morgan fingerprint density at radius 3 is 2.70 bits per heavy atom. The average molecular weight is 409 g/mol. The van der Waals surface area contributed by atoms with E-state index in [1.165, 1.54) is 6.07 Å². The smallest absolute Gasteiger partial charge is 0.333 e. The number of rotatable bonds is 6. The van der Waals surface area contributed by atoms with Crippen LogP contribution in [0.2, 0.25) is 0 Å². The van der Waals surface area contributed by atoms with Gasteiger partial charge in [-0.05, 0) is 44.9 Å². The minimum Gasteiger partial charge on any atom is -0.473 e. The maximum Gasteiger partial charge on any atom is 0.333 e. The van der Waals surface area contributed by atoms with E-state index in [1.54, 1.807) is 25.1 Å². The van der Waals surface area contributed by atoms with E-state index in [0.29, 0.717) is 23.6 Å². The van der Waals surface area contributed by atoms with Gasteiger partial charge < -0.3 is 14.4 Å². The fourth-order valence-corrected chi connectivity index (χ4v) is 3.31. The number of esters is 1. The predicted molar refractivity (Wildman–Crippen MR) is 110 cm³/mol. The van der Waals surface area contributed by atoms with Crippen molar-refractivity contribution in [2.75, 3.05) is 24.6 Å². The van der Waals surface area contributed by atoms with Crippen molar-refractivity contribution >= 4 is 11.8 Å². The van der Waals surface area contributed by atoms with Crippen molar-refractivity contribution in [1.82, 2.24) is 4.98 Å². The SMILES string of the molecule is CCOC(=O)C(C)=C1CCN(c2cccc(OCc3ccc(C#N)cc3F)n2)CC1. The van der Waals surface area contributed by atoms with Gasteiger partial charge in [0.25, 0.3) is 0 Å². The Bertz CT molecular complexity index is 987. The maximum absolute atomic E-state index is 14.0. The number of hydrogen-bond acceptors (Lipinski definition) is 6. The molecule has 0 N–H and O–H groups in total. The summed E-state index contributed by atoms with van der Waals surface area (Å²) in [7, 11) is 0. The summed E-state index contributed by atoms with van der Waals surface area (Å²) in [5.74, 6) is 0.461. The summed E-state index contributed by atoms with van der Waals surface area (Å²) < 4.78 is 24.8. The number of anilines is 1.